The van der Waals surface area contributed by atoms with E-state index in [9.17, 15) is 5.11 Å². The molecule has 0 aliphatic heterocycles. The number of aliphatic hydroxyl groups excluding tert-OH is 1. The van der Waals surface area contributed by atoms with E-state index in [4.69, 9.17) is 0 Å². The summed E-state index contributed by atoms with van der Waals surface area (Å²) < 4.78 is 0. The van der Waals surface area contributed by atoms with Gasteiger partial charge in [0.2, 0.25) is 0 Å². The van der Waals surface area contributed by atoms with Crippen molar-refractivity contribution in [2.45, 2.75) is 59.5 Å². The van der Waals surface area contributed by atoms with E-state index >= 15 is 0 Å². The van der Waals surface area contributed by atoms with Gasteiger partial charge in [0, 0.05) is 12.5 Å². The summed E-state index contributed by atoms with van der Waals surface area (Å²) in [6, 6.07) is 0. The molecule has 1 fully saturated rings. The summed E-state index contributed by atoms with van der Waals surface area (Å²) in [6.07, 6.45) is 4.75. The minimum absolute atomic E-state index is 0.0792. The van der Waals surface area contributed by atoms with Crippen LogP contribution in [0.5, 0.6) is 0 Å². The molecule has 0 bridgehead atoms. The van der Waals surface area contributed by atoms with Gasteiger partial charge in [0.25, 0.3) is 0 Å². The minimum Gasteiger partial charge on any atom is -0.393 e. The van der Waals surface area contributed by atoms with Crippen LogP contribution in [0.3, 0.4) is 0 Å². The number of hydrogen-bond acceptors (Lipinski definition) is 2. The fourth-order valence-electron chi connectivity index (χ4n) is 3.23. The number of aliphatic hydroxyl groups is 1. The van der Waals surface area contributed by atoms with Crippen molar-refractivity contribution in [3.8, 4) is 0 Å². The molecule has 0 amide bonds. The molecule has 4 unspecified atom stereocenters. The lowest BCUT2D eigenvalue weighted by atomic mass is 9.73. The molecule has 0 aromatic rings. The van der Waals surface area contributed by atoms with Crippen LogP contribution < -0.4 is 0 Å². The Hall–Kier alpha value is -0.0800. The second-order valence-electron chi connectivity index (χ2n) is 6.03. The van der Waals surface area contributed by atoms with Crippen LogP contribution in [0.15, 0.2) is 0 Å². The van der Waals surface area contributed by atoms with Crippen molar-refractivity contribution in [2.24, 2.45) is 17.8 Å². The topological polar surface area (TPSA) is 23.5 Å². The first-order chi connectivity index (χ1) is 8.08. The van der Waals surface area contributed by atoms with Crippen molar-refractivity contribution in [2.75, 3.05) is 19.6 Å². The Bertz CT molecular complexity index is 195. The normalized spacial score (nSPS) is 34.2. The fraction of sp³-hybridized carbons (Fsp3) is 1.00. The van der Waals surface area contributed by atoms with Crippen LogP contribution in [-0.2, 0) is 0 Å². The molecule has 0 saturated heterocycles. The average molecular weight is 241 g/mol. The summed E-state index contributed by atoms with van der Waals surface area (Å²) in [6.45, 7) is 12.5. The first kappa shape index (κ1) is 15.0. The highest BCUT2D eigenvalue weighted by Crippen LogP contribution is 2.34. The van der Waals surface area contributed by atoms with Crippen LogP contribution in [0.2, 0.25) is 0 Å². The Labute approximate surface area is 107 Å². The van der Waals surface area contributed by atoms with Gasteiger partial charge in [-0.15, -0.1) is 0 Å². The number of rotatable bonds is 6. The van der Waals surface area contributed by atoms with Gasteiger partial charge in [0.15, 0.2) is 0 Å². The van der Waals surface area contributed by atoms with Gasteiger partial charge in [-0.05, 0) is 44.2 Å². The quantitative estimate of drug-likeness (QED) is 0.772. The molecule has 2 nitrogen and oxygen atoms in total. The summed E-state index contributed by atoms with van der Waals surface area (Å²) in [4.78, 5) is 2.52. The molecule has 4 atom stereocenters. The second kappa shape index (κ2) is 7.38. The highest BCUT2D eigenvalue weighted by atomic mass is 16.3. The third-order valence-corrected chi connectivity index (χ3v) is 4.39. The van der Waals surface area contributed by atoms with Gasteiger partial charge in [0.1, 0.15) is 0 Å². The van der Waals surface area contributed by atoms with Gasteiger partial charge >= 0.3 is 0 Å². The molecular weight excluding hydrogens is 210 g/mol. The smallest absolute Gasteiger partial charge is 0.0585 e. The Morgan fingerprint density at radius 1 is 1.18 bits per heavy atom. The van der Waals surface area contributed by atoms with E-state index < -0.39 is 0 Å². The maximum absolute atomic E-state index is 10.3. The van der Waals surface area contributed by atoms with Gasteiger partial charge in [-0.25, -0.2) is 0 Å². The number of hydrogen-bond donors (Lipinski definition) is 1. The summed E-state index contributed by atoms with van der Waals surface area (Å²) >= 11 is 0. The van der Waals surface area contributed by atoms with Crippen LogP contribution >= 0.6 is 0 Å². The molecule has 1 aliphatic rings. The molecule has 0 aromatic heterocycles. The summed E-state index contributed by atoms with van der Waals surface area (Å²) in [5, 5.41) is 10.3. The lowest BCUT2D eigenvalue weighted by Crippen LogP contribution is -2.42. The third-order valence-electron chi connectivity index (χ3n) is 4.39. The maximum Gasteiger partial charge on any atom is 0.0585 e. The Morgan fingerprint density at radius 2 is 1.88 bits per heavy atom. The van der Waals surface area contributed by atoms with E-state index in [1.54, 1.807) is 0 Å². The van der Waals surface area contributed by atoms with Crippen molar-refractivity contribution < 1.29 is 5.11 Å². The zero-order chi connectivity index (χ0) is 12.8. The van der Waals surface area contributed by atoms with Gasteiger partial charge in [-0.3, -0.25) is 0 Å². The molecule has 0 spiro atoms. The zero-order valence-corrected chi connectivity index (χ0v) is 12.2. The Balaban J connectivity index is 2.46. The van der Waals surface area contributed by atoms with Crippen molar-refractivity contribution in [1.82, 2.24) is 4.90 Å². The number of nitrogens with zero attached hydrogens (tertiary/aromatic N) is 1. The Morgan fingerprint density at radius 3 is 2.41 bits per heavy atom. The molecular formula is C15H31NO. The van der Waals surface area contributed by atoms with Crippen molar-refractivity contribution in [1.29, 1.82) is 0 Å². The van der Waals surface area contributed by atoms with E-state index in [0.29, 0.717) is 17.8 Å². The van der Waals surface area contributed by atoms with Crippen LogP contribution in [0, 0.1) is 17.8 Å². The average Bonchev–Trinajstić information content (AvgIpc) is 2.27. The monoisotopic (exact) mass is 241 g/mol. The van der Waals surface area contributed by atoms with Crippen LogP contribution in [0.25, 0.3) is 0 Å². The summed E-state index contributed by atoms with van der Waals surface area (Å²) in [7, 11) is 0. The SMILES string of the molecule is CCCCN(CC)CC1C(C)CC(C)CC1O. The van der Waals surface area contributed by atoms with E-state index in [0.717, 1.165) is 19.5 Å². The standard InChI is InChI=1S/C15H31NO/c1-5-7-8-16(6-2)11-14-13(4)9-12(3)10-15(14)17/h12-15,17H,5-11H2,1-4H3. The first-order valence-corrected chi connectivity index (χ1v) is 7.48. The largest absolute Gasteiger partial charge is 0.393 e. The van der Waals surface area contributed by atoms with E-state index in [-0.39, 0.29) is 6.10 Å². The van der Waals surface area contributed by atoms with Gasteiger partial charge in [0.05, 0.1) is 6.10 Å². The van der Waals surface area contributed by atoms with Gasteiger partial charge in [-0.1, -0.05) is 34.1 Å². The predicted molar refractivity (Wildman–Crippen MR) is 74.1 cm³/mol. The molecule has 1 rings (SSSR count). The molecule has 1 saturated carbocycles. The van der Waals surface area contributed by atoms with E-state index in [1.807, 2.05) is 0 Å². The highest BCUT2D eigenvalue weighted by Gasteiger charge is 2.33. The molecule has 0 heterocycles. The molecule has 0 aromatic carbocycles. The van der Waals surface area contributed by atoms with Crippen molar-refractivity contribution in [3.05, 3.63) is 0 Å². The van der Waals surface area contributed by atoms with E-state index in [2.05, 4.69) is 32.6 Å². The predicted octanol–water partition coefficient (Wildman–Crippen LogP) is 3.15. The summed E-state index contributed by atoms with van der Waals surface area (Å²) in [5.41, 5.74) is 0. The molecule has 2 heteroatoms. The van der Waals surface area contributed by atoms with Gasteiger partial charge in [-0.2, -0.15) is 0 Å². The molecule has 1 aliphatic carbocycles. The number of unbranched alkanes of at least 4 members (excludes halogenated alkanes) is 1. The lowest BCUT2D eigenvalue weighted by molar-refractivity contribution is -0.00143. The molecule has 1 N–H and O–H groups in total. The van der Waals surface area contributed by atoms with Crippen LogP contribution in [0.1, 0.15) is 53.4 Å². The maximum atomic E-state index is 10.3. The van der Waals surface area contributed by atoms with Crippen LogP contribution in [-0.4, -0.2) is 35.7 Å². The lowest BCUT2D eigenvalue weighted by Gasteiger charge is -2.39. The molecule has 17 heavy (non-hydrogen) atoms. The fourth-order valence-corrected chi connectivity index (χ4v) is 3.23. The minimum atomic E-state index is -0.0792. The molecule has 102 valence electrons. The van der Waals surface area contributed by atoms with Crippen molar-refractivity contribution >= 4 is 0 Å². The second-order valence-corrected chi connectivity index (χ2v) is 6.03. The van der Waals surface area contributed by atoms with E-state index in [1.165, 1.54) is 25.8 Å². The zero-order valence-electron chi connectivity index (χ0n) is 12.2. The highest BCUT2D eigenvalue weighted by molar-refractivity contribution is 4.84. The molecule has 0 radical (unpaired) electrons. The summed E-state index contributed by atoms with van der Waals surface area (Å²) in [5.74, 6) is 1.86. The Kier molecular flexibility index (Phi) is 6.50. The van der Waals surface area contributed by atoms with Crippen LogP contribution in [0.4, 0.5) is 0 Å². The van der Waals surface area contributed by atoms with Gasteiger partial charge < -0.3 is 10.0 Å². The first-order valence-electron chi connectivity index (χ1n) is 7.48. The van der Waals surface area contributed by atoms with Crippen molar-refractivity contribution in [3.63, 3.8) is 0 Å². The third kappa shape index (κ3) is 4.59.